The second-order valence-corrected chi connectivity index (χ2v) is 11.2. The summed E-state index contributed by atoms with van der Waals surface area (Å²) in [5.74, 6) is -0.537. The highest BCUT2D eigenvalue weighted by Gasteiger charge is 2.27. The number of thiazole rings is 1. The fourth-order valence-electron chi connectivity index (χ4n) is 3.50. The van der Waals surface area contributed by atoms with Crippen LogP contribution in [0.4, 0.5) is 5.13 Å². The number of rotatable bonds is 7. The smallest absolute Gasteiger partial charge is 0.229 e. The monoisotopic (exact) mass is 478 g/mol. The fraction of sp³-hybridized carbons (Fsp3) is 0.364. The maximum absolute atomic E-state index is 13.2. The normalized spacial score (nSPS) is 16.6. The molecule has 1 atom stereocenters. The lowest BCUT2D eigenvalue weighted by Crippen LogP contribution is -2.38. The van der Waals surface area contributed by atoms with Crippen LogP contribution < -0.4 is 4.90 Å². The number of hydrogen-bond donors (Lipinski definition) is 0. The summed E-state index contributed by atoms with van der Waals surface area (Å²) in [6.07, 6.45) is 1.61. The summed E-state index contributed by atoms with van der Waals surface area (Å²) in [6.45, 7) is 2.93. The van der Waals surface area contributed by atoms with Crippen LogP contribution in [0.3, 0.4) is 0 Å². The van der Waals surface area contributed by atoms with Gasteiger partial charge in [0.1, 0.15) is 0 Å². The highest BCUT2D eigenvalue weighted by atomic mass is 35.5. The number of ether oxygens (including phenoxy) is 1. The molecule has 2 heterocycles. The van der Waals surface area contributed by atoms with Gasteiger partial charge in [0, 0.05) is 18.1 Å². The van der Waals surface area contributed by atoms with Crippen molar-refractivity contribution in [3.63, 3.8) is 0 Å². The zero-order chi connectivity index (χ0) is 22.0. The fourth-order valence-corrected chi connectivity index (χ4v) is 6.00. The Morgan fingerprint density at radius 2 is 2.03 bits per heavy atom. The van der Waals surface area contributed by atoms with E-state index in [4.69, 9.17) is 16.3 Å². The number of aryl methyl sites for hydroxylation is 1. The van der Waals surface area contributed by atoms with Crippen LogP contribution in [-0.2, 0) is 19.4 Å². The van der Waals surface area contributed by atoms with Crippen LogP contribution in [0, 0.1) is 6.92 Å². The third-order valence-electron chi connectivity index (χ3n) is 5.25. The summed E-state index contributed by atoms with van der Waals surface area (Å²) in [7, 11) is -3.56. The molecular weight excluding hydrogens is 456 g/mol. The summed E-state index contributed by atoms with van der Waals surface area (Å²) in [4.78, 5) is 19.5. The van der Waals surface area contributed by atoms with E-state index in [0.717, 1.165) is 28.6 Å². The summed E-state index contributed by atoms with van der Waals surface area (Å²) in [5, 5.41) is 1.13. The van der Waals surface area contributed by atoms with Gasteiger partial charge >= 0.3 is 0 Å². The standard InChI is InChI=1S/C22H23ClN2O4S2/c1-15-4-7-18(8-5-15)31(27,28)12-10-21(26)25(14-17-3-2-11-29-17)22-24-19-9-6-16(23)13-20(19)30-22/h4-9,13,17H,2-3,10-12,14H2,1H3. The Balaban J connectivity index is 1.55. The summed E-state index contributed by atoms with van der Waals surface area (Å²) >= 11 is 7.45. The topological polar surface area (TPSA) is 76.6 Å². The van der Waals surface area contributed by atoms with Crippen LogP contribution in [0.15, 0.2) is 47.4 Å². The number of carbonyl (C=O) groups is 1. The number of anilines is 1. The molecule has 4 rings (SSSR count). The van der Waals surface area contributed by atoms with Crippen LogP contribution in [0.25, 0.3) is 10.2 Å². The van der Waals surface area contributed by atoms with E-state index in [0.29, 0.717) is 23.3 Å². The maximum atomic E-state index is 13.2. The molecule has 0 N–H and O–H groups in total. The number of halogens is 1. The summed E-state index contributed by atoms with van der Waals surface area (Å²) in [5.41, 5.74) is 1.73. The Morgan fingerprint density at radius 3 is 2.74 bits per heavy atom. The molecule has 164 valence electrons. The number of sulfone groups is 1. The minimum Gasteiger partial charge on any atom is -0.376 e. The van der Waals surface area contributed by atoms with E-state index in [1.165, 1.54) is 11.3 Å². The van der Waals surface area contributed by atoms with Crippen molar-refractivity contribution in [2.75, 3.05) is 23.8 Å². The Hall–Kier alpha value is -2.00. The van der Waals surface area contributed by atoms with Gasteiger partial charge in [0.05, 0.1) is 33.5 Å². The Labute approximate surface area is 190 Å². The summed E-state index contributed by atoms with van der Waals surface area (Å²) < 4.78 is 32.0. The van der Waals surface area contributed by atoms with Crippen molar-refractivity contribution < 1.29 is 17.9 Å². The lowest BCUT2D eigenvalue weighted by Gasteiger charge is -2.23. The molecule has 1 fully saturated rings. The first-order valence-corrected chi connectivity index (χ1v) is 12.9. The van der Waals surface area contributed by atoms with Crippen LogP contribution in [0.5, 0.6) is 0 Å². The molecule has 9 heteroatoms. The molecule has 1 unspecified atom stereocenters. The van der Waals surface area contributed by atoms with Crippen molar-refractivity contribution >= 4 is 54.0 Å². The predicted molar refractivity (Wildman–Crippen MR) is 124 cm³/mol. The van der Waals surface area contributed by atoms with Crippen molar-refractivity contribution in [2.24, 2.45) is 0 Å². The van der Waals surface area contributed by atoms with E-state index >= 15 is 0 Å². The first-order valence-electron chi connectivity index (χ1n) is 10.1. The Morgan fingerprint density at radius 1 is 1.26 bits per heavy atom. The Bertz CT molecular complexity index is 1190. The van der Waals surface area contributed by atoms with E-state index in [1.54, 1.807) is 35.2 Å². The Kier molecular flexibility index (Phi) is 6.62. The van der Waals surface area contributed by atoms with Gasteiger partial charge in [-0.2, -0.15) is 0 Å². The van der Waals surface area contributed by atoms with Crippen molar-refractivity contribution in [3.8, 4) is 0 Å². The third-order valence-corrected chi connectivity index (χ3v) is 8.25. The zero-order valence-electron chi connectivity index (χ0n) is 17.1. The number of carbonyl (C=O) groups excluding carboxylic acids is 1. The van der Waals surface area contributed by atoms with E-state index in [2.05, 4.69) is 4.98 Å². The largest absolute Gasteiger partial charge is 0.376 e. The van der Waals surface area contributed by atoms with E-state index < -0.39 is 9.84 Å². The van der Waals surface area contributed by atoms with Gasteiger partial charge in [0.2, 0.25) is 5.91 Å². The van der Waals surface area contributed by atoms with Crippen LogP contribution in [0.2, 0.25) is 5.02 Å². The molecule has 0 radical (unpaired) electrons. The van der Waals surface area contributed by atoms with Gasteiger partial charge in [-0.3, -0.25) is 9.69 Å². The maximum Gasteiger partial charge on any atom is 0.229 e. The number of hydrogen-bond acceptors (Lipinski definition) is 6. The number of aromatic nitrogens is 1. The average molecular weight is 479 g/mol. The molecule has 1 aliphatic rings. The lowest BCUT2D eigenvalue weighted by molar-refractivity contribution is -0.118. The van der Waals surface area contributed by atoms with E-state index in [-0.39, 0.29) is 29.1 Å². The third kappa shape index (κ3) is 5.26. The van der Waals surface area contributed by atoms with E-state index in [9.17, 15) is 13.2 Å². The molecule has 6 nitrogen and oxygen atoms in total. The quantitative estimate of drug-likeness (QED) is 0.494. The van der Waals surface area contributed by atoms with Crippen LogP contribution in [-0.4, -0.2) is 44.3 Å². The van der Waals surface area contributed by atoms with Gasteiger partial charge in [-0.1, -0.05) is 40.6 Å². The number of fused-ring (bicyclic) bond motifs is 1. The zero-order valence-corrected chi connectivity index (χ0v) is 19.5. The van der Waals surface area contributed by atoms with Gasteiger partial charge in [0.25, 0.3) is 0 Å². The molecule has 1 saturated heterocycles. The molecule has 0 saturated carbocycles. The molecule has 0 spiro atoms. The van der Waals surface area contributed by atoms with Crippen molar-refractivity contribution in [2.45, 2.75) is 37.2 Å². The lowest BCUT2D eigenvalue weighted by atomic mass is 10.2. The molecule has 3 aromatic rings. The van der Waals surface area contributed by atoms with Gasteiger partial charge < -0.3 is 4.74 Å². The van der Waals surface area contributed by atoms with Crippen LogP contribution >= 0.6 is 22.9 Å². The second-order valence-electron chi connectivity index (χ2n) is 7.63. The van der Waals surface area contributed by atoms with E-state index in [1.807, 2.05) is 19.1 Å². The molecule has 0 aliphatic carbocycles. The first kappa shape index (κ1) is 22.2. The minimum absolute atomic E-state index is 0.0757. The number of nitrogens with zero attached hydrogens (tertiary/aromatic N) is 2. The molecule has 31 heavy (non-hydrogen) atoms. The van der Waals surface area contributed by atoms with Crippen molar-refractivity contribution in [3.05, 3.63) is 53.1 Å². The highest BCUT2D eigenvalue weighted by molar-refractivity contribution is 7.91. The van der Waals surface area contributed by atoms with Gasteiger partial charge in [0.15, 0.2) is 15.0 Å². The molecule has 0 bridgehead atoms. The minimum atomic E-state index is -3.56. The molecule has 1 aliphatic heterocycles. The summed E-state index contributed by atoms with van der Waals surface area (Å²) in [6, 6.07) is 12.1. The molecular formula is C22H23ClN2O4S2. The number of amides is 1. The molecule has 1 amide bonds. The predicted octanol–water partition coefficient (Wildman–Crippen LogP) is 4.63. The molecule has 1 aromatic heterocycles. The van der Waals surface area contributed by atoms with Gasteiger partial charge in [-0.25, -0.2) is 13.4 Å². The van der Waals surface area contributed by atoms with Crippen LogP contribution in [0.1, 0.15) is 24.8 Å². The van der Waals surface area contributed by atoms with Gasteiger partial charge in [-0.15, -0.1) is 0 Å². The second kappa shape index (κ2) is 9.24. The van der Waals surface area contributed by atoms with Crippen molar-refractivity contribution in [1.29, 1.82) is 0 Å². The highest BCUT2D eigenvalue weighted by Crippen LogP contribution is 2.32. The first-order chi connectivity index (χ1) is 14.8. The molecule has 2 aromatic carbocycles. The van der Waals surface area contributed by atoms with Gasteiger partial charge in [-0.05, 0) is 50.1 Å². The number of benzene rings is 2. The average Bonchev–Trinajstić information content (AvgIpc) is 3.39. The van der Waals surface area contributed by atoms with Crippen molar-refractivity contribution in [1.82, 2.24) is 4.98 Å². The SMILES string of the molecule is Cc1ccc(S(=O)(=O)CCC(=O)N(CC2CCCO2)c2nc3ccc(Cl)cc3s2)cc1.